The highest BCUT2D eigenvalue weighted by atomic mass is 16.4. The van der Waals surface area contributed by atoms with Crippen LogP contribution in [0.4, 0.5) is 0 Å². The zero-order valence-corrected chi connectivity index (χ0v) is 10.5. The van der Waals surface area contributed by atoms with Crippen molar-refractivity contribution in [3.05, 3.63) is 46.8 Å². The zero-order valence-electron chi connectivity index (χ0n) is 10.5. The number of aryl methyl sites for hydroxylation is 2. The molecule has 0 bridgehead atoms. The fraction of sp³-hybridized carbons (Fsp3) is 0.231. The molecule has 0 saturated carbocycles. The Morgan fingerprint density at radius 2 is 2.05 bits per heavy atom. The van der Waals surface area contributed by atoms with E-state index in [1.54, 1.807) is 19.9 Å². The van der Waals surface area contributed by atoms with Crippen molar-refractivity contribution in [3.63, 3.8) is 0 Å². The molecule has 0 fully saturated rings. The summed E-state index contributed by atoms with van der Waals surface area (Å²) in [6.45, 7) is 3.45. The normalized spacial score (nSPS) is 10.4. The number of carbonyl (C=O) groups is 2. The SMILES string of the molecule is Cc1cc(C(=O)NCc2occc2C(=O)O)c(C)o1. The van der Waals surface area contributed by atoms with Gasteiger partial charge in [0.25, 0.3) is 5.91 Å². The van der Waals surface area contributed by atoms with E-state index in [0.717, 1.165) is 0 Å². The molecule has 2 aromatic heterocycles. The molecule has 0 aliphatic heterocycles. The van der Waals surface area contributed by atoms with E-state index in [2.05, 4.69) is 5.32 Å². The summed E-state index contributed by atoms with van der Waals surface area (Å²) in [6.07, 6.45) is 1.28. The second-order valence-electron chi connectivity index (χ2n) is 4.07. The van der Waals surface area contributed by atoms with Crippen molar-refractivity contribution in [3.8, 4) is 0 Å². The smallest absolute Gasteiger partial charge is 0.339 e. The van der Waals surface area contributed by atoms with Crippen LogP contribution in [0.15, 0.2) is 27.2 Å². The third kappa shape index (κ3) is 2.67. The summed E-state index contributed by atoms with van der Waals surface area (Å²) in [5, 5.41) is 11.5. The molecule has 0 saturated heterocycles. The van der Waals surface area contributed by atoms with Gasteiger partial charge in [-0.25, -0.2) is 4.79 Å². The number of nitrogens with one attached hydrogen (secondary N) is 1. The minimum absolute atomic E-state index is 0.0110. The van der Waals surface area contributed by atoms with Gasteiger partial charge in [0.2, 0.25) is 0 Å². The molecule has 0 aliphatic carbocycles. The van der Waals surface area contributed by atoms with E-state index < -0.39 is 5.97 Å². The summed E-state index contributed by atoms with van der Waals surface area (Å²) in [5.74, 6) is -0.0473. The van der Waals surface area contributed by atoms with E-state index in [9.17, 15) is 9.59 Å². The predicted octanol–water partition coefficient (Wildman–Crippen LogP) is 2.12. The maximum absolute atomic E-state index is 11.9. The fourth-order valence-corrected chi connectivity index (χ4v) is 1.78. The monoisotopic (exact) mass is 263 g/mol. The molecule has 6 nitrogen and oxygen atoms in total. The summed E-state index contributed by atoms with van der Waals surface area (Å²) >= 11 is 0. The van der Waals surface area contributed by atoms with Crippen LogP contribution in [0.1, 0.15) is 38.0 Å². The molecule has 0 aromatic carbocycles. The molecule has 1 amide bonds. The van der Waals surface area contributed by atoms with Crippen LogP contribution in [0, 0.1) is 13.8 Å². The number of hydrogen-bond acceptors (Lipinski definition) is 4. The standard InChI is InChI=1S/C13H13NO5/c1-7-5-10(8(2)19-7)12(15)14-6-11-9(13(16)17)3-4-18-11/h3-5H,6H2,1-2H3,(H,14,15)(H,16,17). The van der Waals surface area contributed by atoms with E-state index >= 15 is 0 Å². The first-order chi connectivity index (χ1) is 8.99. The molecular weight excluding hydrogens is 250 g/mol. The molecule has 19 heavy (non-hydrogen) atoms. The van der Waals surface area contributed by atoms with Gasteiger partial charge in [-0.15, -0.1) is 0 Å². The third-order valence-corrected chi connectivity index (χ3v) is 2.67. The number of carboxylic acid groups (broad SMARTS) is 1. The third-order valence-electron chi connectivity index (χ3n) is 2.67. The summed E-state index contributed by atoms with van der Waals surface area (Å²) in [4.78, 5) is 22.8. The Labute approximate surface area is 109 Å². The van der Waals surface area contributed by atoms with Crippen molar-refractivity contribution in [2.45, 2.75) is 20.4 Å². The number of furan rings is 2. The molecule has 0 aliphatic rings. The molecule has 0 unspecified atom stereocenters. The summed E-state index contributed by atoms with van der Waals surface area (Å²) in [5.41, 5.74) is 0.473. The van der Waals surface area contributed by atoms with Crippen LogP contribution in [-0.2, 0) is 6.54 Å². The average Bonchev–Trinajstić information content (AvgIpc) is 2.92. The highest BCUT2D eigenvalue weighted by Gasteiger charge is 2.17. The lowest BCUT2D eigenvalue weighted by atomic mass is 10.2. The Morgan fingerprint density at radius 1 is 1.32 bits per heavy atom. The maximum atomic E-state index is 11.9. The molecule has 2 N–H and O–H groups in total. The Balaban J connectivity index is 2.06. The Hall–Kier alpha value is -2.50. The van der Waals surface area contributed by atoms with Crippen molar-refractivity contribution in [2.75, 3.05) is 0 Å². The van der Waals surface area contributed by atoms with Crippen LogP contribution >= 0.6 is 0 Å². The lowest BCUT2D eigenvalue weighted by molar-refractivity contribution is 0.0692. The van der Waals surface area contributed by atoms with Crippen LogP contribution in [0.3, 0.4) is 0 Å². The molecular formula is C13H13NO5. The second kappa shape index (κ2) is 5.01. The molecule has 0 spiro atoms. The van der Waals surface area contributed by atoms with Crippen molar-refractivity contribution >= 4 is 11.9 Å². The number of carboxylic acids is 1. The second-order valence-corrected chi connectivity index (χ2v) is 4.07. The average molecular weight is 263 g/mol. The summed E-state index contributed by atoms with van der Waals surface area (Å²) in [7, 11) is 0. The highest BCUT2D eigenvalue weighted by Crippen LogP contribution is 2.14. The highest BCUT2D eigenvalue weighted by molar-refractivity contribution is 5.95. The Bertz CT molecular complexity index is 623. The van der Waals surface area contributed by atoms with Gasteiger partial charge in [-0.05, 0) is 26.0 Å². The summed E-state index contributed by atoms with van der Waals surface area (Å²) < 4.78 is 10.3. The molecule has 0 radical (unpaired) electrons. The molecule has 100 valence electrons. The molecule has 2 aromatic rings. The number of carbonyl (C=O) groups excluding carboxylic acids is 1. The van der Waals surface area contributed by atoms with Gasteiger partial charge < -0.3 is 19.3 Å². The molecule has 6 heteroatoms. The Kier molecular flexibility index (Phi) is 3.41. The lowest BCUT2D eigenvalue weighted by Gasteiger charge is -2.02. The van der Waals surface area contributed by atoms with Crippen LogP contribution in [0.25, 0.3) is 0 Å². The number of aromatic carboxylic acids is 1. The quantitative estimate of drug-likeness (QED) is 0.881. The van der Waals surface area contributed by atoms with Crippen molar-refractivity contribution in [2.24, 2.45) is 0 Å². The molecule has 2 rings (SSSR count). The number of hydrogen-bond donors (Lipinski definition) is 2. The van der Waals surface area contributed by atoms with E-state index in [1.165, 1.54) is 12.3 Å². The summed E-state index contributed by atoms with van der Waals surface area (Å²) in [6, 6.07) is 2.97. The van der Waals surface area contributed by atoms with Gasteiger partial charge in [0.15, 0.2) is 0 Å². The van der Waals surface area contributed by atoms with Crippen LogP contribution in [-0.4, -0.2) is 17.0 Å². The van der Waals surface area contributed by atoms with Gasteiger partial charge in [-0.1, -0.05) is 0 Å². The largest absolute Gasteiger partial charge is 0.478 e. The maximum Gasteiger partial charge on any atom is 0.339 e. The van der Waals surface area contributed by atoms with Gasteiger partial charge in [0.1, 0.15) is 22.8 Å². The van der Waals surface area contributed by atoms with Crippen LogP contribution in [0.5, 0.6) is 0 Å². The van der Waals surface area contributed by atoms with Crippen molar-refractivity contribution in [1.29, 1.82) is 0 Å². The van der Waals surface area contributed by atoms with E-state index in [-0.39, 0.29) is 23.8 Å². The van der Waals surface area contributed by atoms with Gasteiger partial charge >= 0.3 is 5.97 Å². The first-order valence-electron chi connectivity index (χ1n) is 5.64. The predicted molar refractivity (Wildman–Crippen MR) is 65.0 cm³/mol. The zero-order chi connectivity index (χ0) is 14.0. The van der Waals surface area contributed by atoms with Crippen LogP contribution in [0.2, 0.25) is 0 Å². The van der Waals surface area contributed by atoms with Crippen LogP contribution < -0.4 is 5.32 Å². The topological polar surface area (TPSA) is 92.7 Å². The lowest BCUT2D eigenvalue weighted by Crippen LogP contribution is -2.23. The van der Waals surface area contributed by atoms with Crippen molar-refractivity contribution in [1.82, 2.24) is 5.32 Å². The van der Waals surface area contributed by atoms with E-state index in [1.807, 2.05) is 0 Å². The molecule has 2 heterocycles. The minimum Gasteiger partial charge on any atom is -0.478 e. The fourth-order valence-electron chi connectivity index (χ4n) is 1.78. The van der Waals surface area contributed by atoms with Gasteiger partial charge in [-0.3, -0.25) is 4.79 Å². The number of rotatable bonds is 4. The van der Waals surface area contributed by atoms with Gasteiger partial charge in [0.05, 0.1) is 18.4 Å². The first-order valence-corrected chi connectivity index (χ1v) is 5.64. The first kappa shape index (κ1) is 12.9. The van der Waals surface area contributed by atoms with E-state index in [0.29, 0.717) is 17.1 Å². The van der Waals surface area contributed by atoms with E-state index in [4.69, 9.17) is 13.9 Å². The Morgan fingerprint density at radius 3 is 2.63 bits per heavy atom. The minimum atomic E-state index is -1.09. The van der Waals surface area contributed by atoms with Crippen molar-refractivity contribution < 1.29 is 23.5 Å². The number of amides is 1. The van der Waals surface area contributed by atoms with Gasteiger partial charge in [-0.2, -0.15) is 0 Å². The van der Waals surface area contributed by atoms with Gasteiger partial charge in [0, 0.05) is 0 Å². The molecule has 0 atom stereocenters.